The summed E-state index contributed by atoms with van der Waals surface area (Å²) in [6, 6.07) is 0.165. The number of amides is 1. The maximum atomic E-state index is 11.5. The second-order valence-electron chi connectivity index (χ2n) is 4.13. The Bertz CT molecular complexity index is 155. The summed E-state index contributed by atoms with van der Waals surface area (Å²) in [4.78, 5) is 11.5. The molecule has 0 unspecified atom stereocenters. The average molecular weight is 186 g/mol. The van der Waals surface area contributed by atoms with E-state index in [-0.39, 0.29) is 18.0 Å². The van der Waals surface area contributed by atoms with E-state index in [0.717, 1.165) is 6.42 Å². The summed E-state index contributed by atoms with van der Waals surface area (Å²) in [6.45, 7) is 8.18. The van der Waals surface area contributed by atoms with Crippen LogP contribution in [0.25, 0.3) is 0 Å². The predicted molar refractivity (Wildman–Crippen MR) is 55.6 cm³/mol. The number of carbonyl (C=O) groups is 1. The van der Waals surface area contributed by atoms with Gasteiger partial charge in [-0.05, 0) is 33.2 Å². The number of rotatable bonds is 5. The lowest BCUT2D eigenvalue weighted by Crippen LogP contribution is -2.45. The number of hydrogen-bond donors (Lipinski definition) is 2. The minimum atomic E-state index is -0.0533. The highest BCUT2D eigenvalue weighted by Gasteiger charge is 2.17. The highest BCUT2D eigenvalue weighted by atomic mass is 16.2. The predicted octanol–water partition coefficient (Wildman–Crippen LogP) is 1.15. The van der Waals surface area contributed by atoms with Crippen molar-refractivity contribution in [1.29, 1.82) is 0 Å². The lowest BCUT2D eigenvalue weighted by Gasteiger charge is -2.19. The number of nitrogens with one attached hydrogen (secondary N) is 2. The largest absolute Gasteiger partial charge is 0.353 e. The van der Waals surface area contributed by atoms with Gasteiger partial charge in [0.2, 0.25) is 5.91 Å². The van der Waals surface area contributed by atoms with Crippen LogP contribution in [-0.2, 0) is 4.79 Å². The standard InChI is InChI=1S/C10H22N2O/c1-7(2)6-9(11-5)10(13)12-8(3)4/h7-9,11H,6H2,1-5H3,(H,12,13)/t9-/m1/s1. The first-order valence-electron chi connectivity index (χ1n) is 4.95. The summed E-state index contributed by atoms with van der Waals surface area (Å²) in [5.41, 5.74) is 0. The molecule has 0 aliphatic heterocycles. The van der Waals surface area contributed by atoms with Crippen molar-refractivity contribution in [3.8, 4) is 0 Å². The second-order valence-corrected chi connectivity index (χ2v) is 4.13. The molecule has 0 aromatic rings. The maximum absolute atomic E-state index is 11.5. The molecule has 13 heavy (non-hydrogen) atoms. The molecule has 0 bridgehead atoms. The molecule has 0 aromatic carbocycles. The van der Waals surface area contributed by atoms with E-state index in [1.165, 1.54) is 0 Å². The first-order valence-corrected chi connectivity index (χ1v) is 4.95. The molecule has 0 fully saturated rings. The number of carbonyl (C=O) groups excluding carboxylic acids is 1. The quantitative estimate of drug-likeness (QED) is 0.676. The number of likely N-dealkylation sites (N-methyl/N-ethyl adjacent to an activating group) is 1. The van der Waals surface area contributed by atoms with E-state index < -0.39 is 0 Å². The first kappa shape index (κ1) is 12.4. The van der Waals surface area contributed by atoms with Crippen LogP contribution in [0.4, 0.5) is 0 Å². The Morgan fingerprint density at radius 3 is 2.08 bits per heavy atom. The molecule has 0 saturated carbocycles. The van der Waals surface area contributed by atoms with Crippen molar-refractivity contribution in [3.63, 3.8) is 0 Å². The lowest BCUT2D eigenvalue weighted by atomic mass is 10.0. The second kappa shape index (κ2) is 5.97. The van der Waals surface area contributed by atoms with Crippen molar-refractivity contribution in [1.82, 2.24) is 10.6 Å². The van der Waals surface area contributed by atoms with Gasteiger partial charge in [0.1, 0.15) is 0 Å². The average Bonchev–Trinajstić information content (AvgIpc) is 1.98. The zero-order chi connectivity index (χ0) is 10.4. The van der Waals surface area contributed by atoms with Crippen LogP contribution in [0.2, 0.25) is 0 Å². The molecule has 3 nitrogen and oxygen atoms in total. The Kier molecular flexibility index (Phi) is 5.71. The molecular weight excluding hydrogens is 164 g/mol. The van der Waals surface area contributed by atoms with Gasteiger partial charge in [-0.2, -0.15) is 0 Å². The third kappa shape index (κ3) is 5.64. The molecule has 78 valence electrons. The van der Waals surface area contributed by atoms with Crippen molar-refractivity contribution in [2.45, 2.75) is 46.2 Å². The van der Waals surface area contributed by atoms with Gasteiger partial charge in [0.05, 0.1) is 6.04 Å². The summed E-state index contributed by atoms with van der Waals surface area (Å²) in [5.74, 6) is 0.640. The Morgan fingerprint density at radius 1 is 1.23 bits per heavy atom. The summed E-state index contributed by atoms with van der Waals surface area (Å²) in [7, 11) is 1.83. The molecule has 0 radical (unpaired) electrons. The van der Waals surface area contributed by atoms with Gasteiger partial charge in [-0.3, -0.25) is 4.79 Å². The lowest BCUT2D eigenvalue weighted by molar-refractivity contribution is -0.123. The third-order valence-corrected chi connectivity index (χ3v) is 1.80. The normalized spacial score (nSPS) is 13.5. The molecule has 1 atom stereocenters. The van der Waals surface area contributed by atoms with Gasteiger partial charge in [0, 0.05) is 6.04 Å². The fourth-order valence-electron chi connectivity index (χ4n) is 1.21. The Balaban J connectivity index is 3.99. The monoisotopic (exact) mass is 186 g/mol. The Labute approximate surface area is 81.3 Å². The minimum Gasteiger partial charge on any atom is -0.353 e. The topological polar surface area (TPSA) is 41.1 Å². The fourth-order valence-corrected chi connectivity index (χ4v) is 1.21. The van der Waals surface area contributed by atoms with Crippen LogP contribution in [0, 0.1) is 5.92 Å². The summed E-state index contributed by atoms with van der Waals surface area (Å²) >= 11 is 0. The zero-order valence-corrected chi connectivity index (χ0v) is 9.35. The smallest absolute Gasteiger partial charge is 0.237 e. The summed E-state index contributed by atoms with van der Waals surface area (Å²) < 4.78 is 0. The highest BCUT2D eigenvalue weighted by molar-refractivity contribution is 5.81. The molecule has 0 aliphatic carbocycles. The van der Waals surface area contributed by atoms with E-state index in [2.05, 4.69) is 24.5 Å². The van der Waals surface area contributed by atoms with Crippen molar-refractivity contribution >= 4 is 5.91 Å². The molecule has 2 N–H and O–H groups in total. The van der Waals surface area contributed by atoms with E-state index in [9.17, 15) is 4.79 Å². The van der Waals surface area contributed by atoms with Gasteiger partial charge >= 0.3 is 0 Å². The van der Waals surface area contributed by atoms with Crippen LogP contribution < -0.4 is 10.6 Å². The van der Waals surface area contributed by atoms with Crippen molar-refractivity contribution in [2.24, 2.45) is 5.92 Å². The zero-order valence-electron chi connectivity index (χ0n) is 9.35. The van der Waals surface area contributed by atoms with Gasteiger partial charge in [-0.1, -0.05) is 13.8 Å². The van der Waals surface area contributed by atoms with Gasteiger partial charge in [-0.15, -0.1) is 0 Å². The van der Waals surface area contributed by atoms with Gasteiger partial charge < -0.3 is 10.6 Å². The van der Waals surface area contributed by atoms with E-state index in [4.69, 9.17) is 0 Å². The summed E-state index contributed by atoms with van der Waals surface area (Å²) in [5, 5.41) is 5.92. The first-order chi connectivity index (χ1) is 5.97. The molecule has 0 heterocycles. The molecular formula is C10H22N2O. The van der Waals surface area contributed by atoms with E-state index >= 15 is 0 Å². The Morgan fingerprint density at radius 2 is 1.77 bits per heavy atom. The van der Waals surface area contributed by atoms with Crippen molar-refractivity contribution in [2.75, 3.05) is 7.05 Å². The summed E-state index contributed by atoms with van der Waals surface area (Å²) in [6.07, 6.45) is 0.884. The van der Waals surface area contributed by atoms with Crippen LogP contribution in [0.3, 0.4) is 0 Å². The van der Waals surface area contributed by atoms with E-state index in [1.54, 1.807) is 0 Å². The van der Waals surface area contributed by atoms with Crippen molar-refractivity contribution < 1.29 is 4.79 Å². The fraction of sp³-hybridized carbons (Fsp3) is 0.900. The SMILES string of the molecule is CN[C@H](CC(C)C)C(=O)NC(C)C. The number of hydrogen-bond acceptors (Lipinski definition) is 2. The molecule has 0 rings (SSSR count). The molecule has 0 spiro atoms. The maximum Gasteiger partial charge on any atom is 0.237 e. The third-order valence-electron chi connectivity index (χ3n) is 1.80. The minimum absolute atomic E-state index is 0.0533. The molecule has 0 aromatic heterocycles. The molecule has 1 amide bonds. The van der Waals surface area contributed by atoms with Crippen LogP contribution in [0.15, 0.2) is 0 Å². The van der Waals surface area contributed by atoms with Crippen LogP contribution in [-0.4, -0.2) is 25.0 Å². The molecule has 0 aliphatic rings. The van der Waals surface area contributed by atoms with Crippen LogP contribution in [0.5, 0.6) is 0 Å². The highest BCUT2D eigenvalue weighted by Crippen LogP contribution is 2.04. The molecule has 3 heteroatoms. The Hall–Kier alpha value is -0.570. The van der Waals surface area contributed by atoms with Crippen LogP contribution in [0.1, 0.15) is 34.1 Å². The van der Waals surface area contributed by atoms with E-state index in [1.807, 2.05) is 20.9 Å². The van der Waals surface area contributed by atoms with Crippen molar-refractivity contribution in [3.05, 3.63) is 0 Å². The van der Waals surface area contributed by atoms with E-state index in [0.29, 0.717) is 5.92 Å². The van der Waals surface area contributed by atoms with Gasteiger partial charge in [-0.25, -0.2) is 0 Å². The van der Waals surface area contributed by atoms with Gasteiger partial charge in [0.25, 0.3) is 0 Å². The van der Waals surface area contributed by atoms with Gasteiger partial charge in [0.15, 0.2) is 0 Å². The van der Waals surface area contributed by atoms with Crippen LogP contribution >= 0.6 is 0 Å². The molecule has 0 saturated heterocycles.